The molecule has 0 saturated carbocycles. The Labute approximate surface area is 247 Å². The highest BCUT2D eigenvalue weighted by molar-refractivity contribution is 5.94. The van der Waals surface area contributed by atoms with E-state index < -0.39 is 5.92 Å². The highest BCUT2D eigenvalue weighted by Gasteiger charge is 2.48. The first-order chi connectivity index (χ1) is 20.5. The van der Waals surface area contributed by atoms with Crippen molar-refractivity contribution in [2.24, 2.45) is 5.92 Å². The van der Waals surface area contributed by atoms with Crippen molar-refractivity contribution in [3.63, 3.8) is 0 Å². The number of esters is 1. The number of likely N-dealkylation sites (tertiary alicyclic amines) is 1. The van der Waals surface area contributed by atoms with Crippen molar-refractivity contribution in [2.75, 3.05) is 38.9 Å². The van der Waals surface area contributed by atoms with Crippen molar-refractivity contribution < 1.29 is 28.5 Å². The number of methoxy groups -OCH3 is 1. The fourth-order valence-electron chi connectivity index (χ4n) is 6.25. The average molecular weight is 573 g/mol. The van der Waals surface area contributed by atoms with E-state index in [4.69, 9.17) is 18.9 Å². The average Bonchev–Trinajstić information content (AvgIpc) is 3.62. The van der Waals surface area contributed by atoms with Gasteiger partial charge in [-0.05, 0) is 66.3 Å². The molecule has 1 saturated heterocycles. The Morgan fingerprint density at radius 2 is 1.69 bits per heavy atom. The Morgan fingerprint density at radius 3 is 2.40 bits per heavy atom. The van der Waals surface area contributed by atoms with E-state index in [9.17, 15) is 9.59 Å². The summed E-state index contributed by atoms with van der Waals surface area (Å²) in [6, 6.07) is 19.3. The number of rotatable bonds is 11. The van der Waals surface area contributed by atoms with Crippen LogP contribution in [-0.4, -0.2) is 50.4 Å². The highest BCUT2D eigenvalue weighted by Crippen LogP contribution is 2.48. The Balaban J connectivity index is 1.51. The summed E-state index contributed by atoms with van der Waals surface area (Å²) in [4.78, 5) is 29.5. The van der Waals surface area contributed by atoms with Crippen molar-refractivity contribution >= 4 is 17.6 Å². The Kier molecular flexibility index (Phi) is 9.32. The third-order valence-corrected chi connectivity index (χ3v) is 8.19. The van der Waals surface area contributed by atoms with Gasteiger partial charge in [0, 0.05) is 24.2 Å². The molecule has 1 N–H and O–H groups in total. The first kappa shape index (κ1) is 29.5. The fraction of sp³-hybridized carbons (Fsp3) is 0.412. The maximum Gasteiger partial charge on any atom is 0.311 e. The number of nitrogens with one attached hydrogen (secondary N) is 1. The quantitative estimate of drug-likeness (QED) is 0.287. The summed E-state index contributed by atoms with van der Waals surface area (Å²) < 4.78 is 22.2. The minimum atomic E-state index is -0.537. The Bertz CT molecular complexity index is 1410. The molecule has 0 unspecified atom stereocenters. The van der Waals surface area contributed by atoms with Gasteiger partial charge in [0.1, 0.15) is 5.75 Å². The summed E-state index contributed by atoms with van der Waals surface area (Å²) in [7, 11) is 1.62. The van der Waals surface area contributed by atoms with E-state index in [-0.39, 0.29) is 43.8 Å². The standard InChI is InChI=1S/C34H40N2O6/c1-5-9-23-11-8-10-22(6-2)32(23)35-30(37)20-36-19-27(25-14-17-28-29(18-25)42-21-41-28)31(34(38)40-7-3)33(36)24-12-15-26(39-4)16-13-24/h8,10-18,27,31,33H,5-7,9,19-21H2,1-4H3,(H,35,37)/t27-,31-,33+/m1/s1. The van der Waals surface area contributed by atoms with Crippen LogP contribution in [0.1, 0.15) is 61.4 Å². The molecule has 2 heterocycles. The zero-order chi connectivity index (χ0) is 29.6. The molecule has 0 bridgehead atoms. The number of ether oxygens (including phenoxy) is 4. The summed E-state index contributed by atoms with van der Waals surface area (Å²) in [5.74, 6) is 0.908. The lowest BCUT2D eigenvalue weighted by Gasteiger charge is -2.28. The highest BCUT2D eigenvalue weighted by atomic mass is 16.7. The van der Waals surface area contributed by atoms with E-state index in [1.807, 2.05) is 49.4 Å². The van der Waals surface area contributed by atoms with Crippen LogP contribution in [0.5, 0.6) is 17.2 Å². The largest absolute Gasteiger partial charge is 0.497 e. The van der Waals surface area contributed by atoms with Gasteiger partial charge in [-0.25, -0.2) is 0 Å². The molecule has 0 spiro atoms. The molecule has 0 radical (unpaired) electrons. The van der Waals surface area contributed by atoms with E-state index in [0.29, 0.717) is 18.0 Å². The van der Waals surface area contributed by atoms with Crippen LogP contribution < -0.4 is 19.5 Å². The summed E-state index contributed by atoms with van der Waals surface area (Å²) in [5.41, 5.74) is 5.03. The summed E-state index contributed by atoms with van der Waals surface area (Å²) in [6.45, 7) is 7.11. The van der Waals surface area contributed by atoms with Gasteiger partial charge in [0.15, 0.2) is 11.5 Å². The second kappa shape index (κ2) is 13.3. The number of hydrogen-bond donors (Lipinski definition) is 1. The number of amides is 1. The van der Waals surface area contributed by atoms with Crippen LogP contribution in [0.3, 0.4) is 0 Å². The zero-order valence-corrected chi connectivity index (χ0v) is 24.9. The van der Waals surface area contributed by atoms with Gasteiger partial charge in [0.05, 0.1) is 26.2 Å². The maximum absolute atomic E-state index is 13.7. The van der Waals surface area contributed by atoms with Crippen molar-refractivity contribution in [3.8, 4) is 17.2 Å². The maximum atomic E-state index is 13.7. The van der Waals surface area contributed by atoms with Gasteiger partial charge in [-0.3, -0.25) is 14.5 Å². The van der Waals surface area contributed by atoms with E-state index in [2.05, 4.69) is 42.3 Å². The van der Waals surface area contributed by atoms with Crippen LogP contribution in [0.25, 0.3) is 0 Å². The zero-order valence-electron chi connectivity index (χ0n) is 24.9. The number of hydrogen-bond acceptors (Lipinski definition) is 7. The monoisotopic (exact) mass is 572 g/mol. The molecular formula is C34H40N2O6. The number of aryl methyl sites for hydroxylation is 2. The van der Waals surface area contributed by atoms with Crippen molar-refractivity contribution in [1.82, 2.24) is 4.90 Å². The fourth-order valence-corrected chi connectivity index (χ4v) is 6.25. The van der Waals surface area contributed by atoms with Crippen LogP contribution in [-0.2, 0) is 27.2 Å². The van der Waals surface area contributed by atoms with E-state index in [1.165, 1.54) is 0 Å². The van der Waals surface area contributed by atoms with Gasteiger partial charge < -0.3 is 24.3 Å². The molecule has 1 amide bonds. The summed E-state index contributed by atoms with van der Waals surface area (Å²) in [6.07, 6.45) is 2.70. The molecule has 0 aliphatic carbocycles. The van der Waals surface area contributed by atoms with Crippen LogP contribution in [0.4, 0.5) is 5.69 Å². The first-order valence-corrected chi connectivity index (χ1v) is 14.8. The predicted octanol–water partition coefficient (Wildman–Crippen LogP) is 5.90. The van der Waals surface area contributed by atoms with Gasteiger partial charge >= 0.3 is 5.97 Å². The lowest BCUT2D eigenvalue weighted by molar-refractivity contribution is -0.149. The van der Waals surface area contributed by atoms with Gasteiger partial charge in [-0.2, -0.15) is 0 Å². The lowest BCUT2D eigenvalue weighted by Crippen LogP contribution is -2.35. The number of para-hydroxylation sites is 1. The Morgan fingerprint density at radius 1 is 0.952 bits per heavy atom. The molecule has 3 aromatic rings. The minimum Gasteiger partial charge on any atom is -0.497 e. The second-order valence-electron chi connectivity index (χ2n) is 10.7. The van der Waals surface area contributed by atoms with Crippen LogP contribution in [0, 0.1) is 5.92 Å². The summed E-state index contributed by atoms with van der Waals surface area (Å²) >= 11 is 0. The molecule has 0 aromatic heterocycles. The lowest BCUT2D eigenvalue weighted by atomic mass is 9.82. The molecule has 1 fully saturated rings. The number of nitrogens with zero attached hydrogens (tertiary/aromatic N) is 1. The third-order valence-electron chi connectivity index (χ3n) is 8.19. The van der Waals surface area contributed by atoms with Crippen LogP contribution in [0.2, 0.25) is 0 Å². The van der Waals surface area contributed by atoms with Gasteiger partial charge in [-0.15, -0.1) is 0 Å². The van der Waals surface area contributed by atoms with Crippen LogP contribution in [0.15, 0.2) is 60.7 Å². The Hall–Kier alpha value is -4.04. The van der Waals surface area contributed by atoms with Gasteiger partial charge in [-0.1, -0.05) is 56.7 Å². The summed E-state index contributed by atoms with van der Waals surface area (Å²) in [5, 5.41) is 3.24. The molecule has 3 aromatic carbocycles. The van der Waals surface area contributed by atoms with E-state index in [1.54, 1.807) is 7.11 Å². The van der Waals surface area contributed by atoms with E-state index >= 15 is 0 Å². The number of fused-ring (bicyclic) bond motifs is 1. The van der Waals surface area contributed by atoms with E-state index in [0.717, 1.165) is 53.0 Å². The molecule has 8 heteroatoms. The van der Waals surface area contributed by atoms with Crippen molar-refractivity contribution in [2.45, 2.75) is 52.0 Å². The predicted molar refractivity (Wildman–Crippen MR) is 161 cm³/mol. The topological polar surface area (TPSA) is 86.3 Å². The number of carbonyl (C=O) groups is 2. The second-order valence-corrected chi connectivity index (χ2v) is 10.7. The van der Waals surface area contributed by atoms with Crippen molar-refractivity contribution in [1.29, 1.82) is 0 Å². The van der Waals surface area contributed by atoms with Gasteiger partial charge in [0.2, 0.25) is 12.7 Å². The number of benzene rings is 3. The normalized spacial score (nSPS) is 19.5. The van der Waals surface area contributed by atoms with Gasteiger partial charge in [0.25, 0.3) is 0 Å². The molecule has 3 atom stereocenters. The number of carbonyl (C=O) groups excluding carboxylic acids is 2. The third kappa shape index (κ3) is 6.09. The smallest absolute Gasteiger partial charge is 0.311 e. The molecule has 42 heavy (non-hydrogen) atoms. The van der Waals surface area contributed by atoms with Crippen LogP contribution >= 0.6 is 0 Å². The first-order valence-electron chi connectivity index (χ1n) is 14.8. The molecular weight excluding hydrogens is 532 g/mol. The SMILES string of the molecule is CCCc1cccc(CC)c1NC(=O)CN1C[C@H](c2ccc3c(c2)OCO3)[C@@H](C(=O)OCC)[C@@H]1c1ccc(OC)cc1. The number of anilines is 1. The molecule has 2 aliphatic rings. The molecule has 8 nitrogen and oxygen atoms in total. The molecule has 2 aliphatic heterocycles. The molecule has 222 valence electrons. The van der Waals surface area contributed by atoms with Crippen molar-refractivity contribution in [3.05, 3.63) is 82.9 Å². The molecule has 5 rings (SSSR count). The minimum absolute atomic E-state index is 0.110.